The van der Waals surface area contributed by atoms with Crippen LogP contribution < -0.4 is 15.8 Å². The zero-order chi connectivity index (χ0) is 15.6. The molecule has 21 heavy (non-hydrogen) atoms. The summed E-state index contributed by atoms with van der Waals surface area (Å²) in [5, 5.41) is 3.50. The monoisotopic (exact) mass is 292 g/mol. The second-order valence-electron chi connectivity index (χ2n) is 7.14. The van der Waals surface area contributed by atoms with Crippen molar-refractivity contribution in [2.24, 2.45) is 0 Å². The van der Waals surface area contributed by atoms with Gasteiger partial charge in [-0.05, 0) is 54.0 Å². The zero-order valence-corrected chi connectivity index (χ0v) is 13.9. The van der Waals surface area contributed by atoms with Gasteiger partial charge in [-0.2, -0.15) is 0 Å². The molecule has 1 atom stereocenters. The quantitative estimate of drug-likeness (QED) is 0.922. The highest BCUT2D eigenvalue weighted by Crippen LogP contribution is 2.16. The molecule has 2 rings (SSSR count). The Labute approximate surface area is 127 Å². The smallest absolute Gasteiger partial charge is 0.293 e. The number of aromatic nitrogens is 2. The van der Waals surface area contributed by atoms with Gasteiger partial charge in [0.25, 0.3) is 5.56 Å². The van der Waals surface area contributed by atoms with Crippen LogP contribution in [0.2, 0.25) is 0 Å². The molecule has 0 spiro atoms. The van der Waals surface area contributed by atoms with E-state index in [2.05, 4.69) is 29.0 Å². The van der Waals surface area contributed by atoms with Crippen LogP contribution in [0.25, 0.3) is 0 Å². The van der Waals surface area contributed by atoms with Crippen molar-refractivity contribution in [3.63, 3.8) is 0 Å². The number of nitrogens with one attached hydrogen (secondary N) is 1. The van der Waals surface area contributed by atoms with Crippen LogP contribution in [0.5, 0.6) is 0 Å². The van der Waals surface area contributed by atoms with Crippen LogP contribution >= 0.6 is 0 Å². The van der Waals surface area contributed by atoms with Crippen LogP contribution in [0.4, 0.5) is 5.82 Å². The van der Waals surface area contributed by atoms with Gasteiger partial charge in [-0.1, -0.05) is 0 Å². The van der Waals surface area contributed by atoms with Crippen LogP contribution in [0.15, 0.2) is 17.2 Å². The minimum Gasteiger partial charge on any atom is -0.348 e. The molecule has 0 radical (unpaired) electrons. The van der Waals surface area contributed by atoms with E-state index < -0.39 is 0 Å². The summed E-state index contributed by atoms with van der Waals surface area (Å²) in [6, 6.07) is 0.709. The van der Waals surface area contributed by atoms with Gasteiger partial charge in [-0.25, -0.2) is 4.98 Å². The molecule has 1 N–H and O–H groups in total. The molecule has 118 valence electrons. The molecule has 0 bridgehead atoms. The van der Waals surface area contributed by atoms with Gasteiger partial charge in [0.05, 0.1) is 0 Å². The summed E-state index contributed by atoms with van der Waals surface area (Å²) in [7, 11) is 0. The maximum absolute atomic E-state index is 12.8. The Morgan fingerprint density at radius 1 is 1.48 bits per heavy atom. The van der Waals surface area contributed by atoms with Crippen LogP contribution in [0.1, 0.15) is 47.5 Å². The van der Waals surface area contributed by atoms with Crippen molar-refractivity contribution in [2.45, 2.75) is 65.1 Å². The van der Waals surface area contributed by atoms with Gasteiger partial charge in [-0.3, -0.25) is 4.79 Å². The predicted octanol–water partition coefficient (Wildman–Crippen LogP) is 1.97. The lowest BCUT2D eigenvalue weighted by Gasteiger charge is -2.31. The summed E-state index contributed by atoms with van der Waals surface area (Å²) in [6.45, 7) is 12.3. The molecule has 1 unspecified atom stereocenters. The number of nitrogens with zero attached hydrogens (tertiary/aromatic N) is 3. The van der Waals surface area contributed by atoms with Gasteiger partial charge < -0.3 is 14.8 Å². The van der Waals surface area contributed by atoms with Crippen LogP contribution in [-0.4, -0.2) is 34.7 Å². The van der Waals surface area contributed by atoms with Gasteiger partial charge in [0.15, 0.2) is 5.82 Å². The van der Waals surface area contributed by atoms with Crippen molar-refractivity contribution in [1.29, 1.82) is 0 Å². The molecular formula is C16H28N4O. The Kier molecular flexibility index (Phi) is 4.71. The topological polar surface area (TPSA) is 50.2 Å². The van der Waals surface area contributed by atoms with E-state index in [1.165, 1.54) is 12.8 Å². The fourth-order valence-electron chi connectivity index (χ4n) is 2.82. The highest BCUT2D eigenvalue weighted by Gasteiger charge is 2.25. The van der Waals surface area contributed by atoms with Gasteiger partial charge in [0.1, 0.15) is 0 Å². The van der Waals surface area contributed by atoms with Gasteiger partial charge in [-0.15, -0.1) is 0 Å². The zero-order valence-electron chi connectivity index (χ0n) is 13.9. The third-order valence-corrected chi connectivity index (χ3v) is 4.02. The molecule has 0 aromatic carbocycles. The number of rotatable bonds is 4. The van der Waals surface area contributed by atoms with E-state index in [1.54, 1.807) is 17.0 Å². The molecule has 1 aliphatic rings. The number of hydrogen-bond donors (Lipinski definition) is 1. The third kappa shape index (κ3) is 3.64. The molecule has 1 aromatic rings. The molecular weight excluding hydrogens is 264 g/mol. The standard InChI is InChI=1S/C16H28N4O/c1-12(2)19(11-13-7-6-8-17-13)14-15(21)20(10-9-18-14)16(3,4)5/h9-10,12-13,17H,6-8,11H2,1-5H3. The second kappa shape index (κ2) is 6.18. The average Bonchev–Trinajstić information content (AvgIpc) is 2.88. The summed E-state index contributed by atoms with van der Waals surface area (Å²) in [5.74, 6) is 0.566. The molecule has 0 saturated carbocycles. The molecule has 2 heterocycles. The van der Waals surface area contributed by atoms with Gasteiger partial charge in [0.2, 0.25) is 0 Å². The Bertz CT molecular complexity index is 524. The SMILES string of the molecule is CC(C)N(CC1CCCN1)c1nccn(C(C)(C)C)c1=O. The first-order valence-corrected chi connectivity index (χ1v) is 7.89. The van der Waals surface area contributed by atoms with Crippen molar-refractivity contribution < 1.29 is 0 Å². The summed E-state index contributed by atoms with van der Waals surface area (Å²) in [5.41, 5.74) is -0.236. The van der Waals surface area contributed by atoms with E-state index in [0.29, 0.717) is 11.9 Å². The van der Waals surface area contributed by atoms with E-state index in [9.17, 15) is 4.79 Å². The molecule has 1 aliphatic heterocycles. The normalized spacial score (nSPS) is 19.2. The van der Waals surface area contributed by atoms with E-state index in [1.807, 2.05) is 20.8 Å². The first-order chi connectivity index (χ1) is 9.80. The van der Waals surface area contributed by atoms with E-state index in [0.717, 1.165) is 13.1 Å². The lowest BCUT2D eigenvalue weighted by Crippen LogP contribution is -2.46. The lowest BCUT2D eigenvalue weighted by atomic mass is 10.1. The highest BCUT2D eigenvalue weighted by atomic mass is 16.1. The van der Waals surface area contributed by atoms with Gasteiger partial charge in [0, 0.05) is 36.6 Å². The molecule has 1 aromatic heterocycles. The van der Waals surface area contributed by atoms with Crippen molar-refractivity contribution in [1.82, 2.24) is 14.9 Å². The summed E-state index contributed by atoms with van der Waals surface area (Å²) >= 11 is 0. The molecule has 1 saturated heterocycles. The molecule has 0 amide bonds. The highest BCUT2D eigenvalue weighted by molar-refractivity contribution is 5.37. The first kappa shape index (κ1) is 16.0. The van der Waals surface area contributed by atoms with Gasteiger partial charge >= 0.3 is 0 Å². The van der Waals surface area contributed by atoms with Crippen LogP contribution in [0.3, 0.4) is 0 Å². The fraction of sp³-hybridized carbons (Fsp3) is 0.750. The fourth-order valence-corrected chi connectivity index (χ4v) is 2.82. The first-order valence-electron chi connectivity index (χ1n) is 7.89. The maximum atomic E-state index is 12.8. The minimum atomic E-state index is -0.233. The Balaban J connectivity index is 2.34. The summed E-state index contributed by atoms with van der Waals surface area (Å²) < 4.78 is 1.77. The van der Waals surface area contributed by atoms with E-state index >= 15 is 0 Å². The van der Waals surface area contributed by atoms with E-state index in [4.69, 9.17) is 0 Å². The Hall–Kier alpha value is -1.36. The largest absolute Gasteiger partial charge is 0.348 e. The van der Waals surface area contributed by atoms with Crippen LogP contribution in [0, 0.1) is 0 Å². The maximum Gasteiger partial charge on any atom is 0.293 e. The van der Waals surface area contributed by atoms with E-state index in [-0.39, 0.29) is 17.1 Å². The predicted molar refractivity (Wildman–Crippen MR) is 87.0 cm³/mol. The summed E-state index contributed by atoms with van der Waals surface area (Å²) in [6.07, 6.45) is 5.89. The van der Waals surface area contributed by atoms with Crippen molar-refractivity contribution >= 4 is 5.82 Å². The second-order valence-corrected chi connectivity index (χ2v) is 7.14. The van der Waals surface area contributed by atoms with Crippen molar-refractivity contribution in [2.75, 3.05) is 18.0 Å². The summed E-state index contributed by atoms with van der Waals surface area (Å²) in [4.78, 5) is 19.3. The number of anilines is 1. The minimum absolute atomic E-state index is 0.00306. The third-order valence-electron chi connectivity index (χ3n) is 4.02. The van der Waals surface area contributed by atoms with Crippen LogP contribution in [-0.2, 0) is 5.54 Å². The Morgan fingerprint density at radius 2 is 2.19 bits per heavy atom. The van der Waals surface area contributed by atoms with Crippen molar-refractivity contribution in [3.8, 4) is 0 Å². The molecule has 5 nitrogen and oxygen atoms in total. The number of hydrogen-bond acceptors (Lipinski definition) is 4. The Morgan fingerprint density at radius 3 is 2.71 bits per heavy atom. The van der Waals surface area contributed by atoms with Crippen molar-refractivity contribution in [3.05, 3.63) is 22.7 Å². The molecule has 1 fully saturated rings. The molecule has 0 aliphatic carbocycles. The lowest BCUT2D eigenvalue weighted by molar-refractivity contribution is 0.381. The molecule has 5 heteroatoms. The average molecular weight is 292 g/mol.